The summed E-state index contributed by atoms with van der Waals surface area (Å²) in [7, 11) is 0. The van der Waals surface area contributed by atoms with E-state index in [-0.39, 0.29) is 10.8 Å². The summed E-state index contributed by atoms with van der Waals surface area (Å²) in [6.07, 6.45) is 0. The van der Waals surface area contributed by atoms with Crippen molar-refractivity contribution in [1.82, 2.24) is 4.90 Å². The SMILES string of the molecule is O=C(c1ccccc1)N1CC(Cl)(CBr)C1. The van der Waals surface area contributed by atoms with Gasteiger partial charge in [-0.05, 0) is 12.1 Å². The van der Waals surface area contributed by atoms with Gasteiger partial charge in [-0.25, -0.2) is 0 Å². The van der Waals surface area contributed by atoms with E-state index in [1.165, 1.54) is 0 Å². The van der Waals surface area contributed by atoms with E-state index < -0.39 is 0 Å². The van der Waals surface area contributed by atoms with Gasteiger partial charge in [0.2, 0.25) is 0 Å². The van der Waals surface area contributed by atoms with Crippen molar-refractivity contribution in [3.8, 4) is 0 Å². The van der Waals surface area contributed by atoms with Gasteiger partial charge >= 0.3 is 0 Å². The first kappa shape index (κ1) is 11.0. The van der Waals surface area contributed by atoms with Crippen molar-refractivity contribution >= 4 is 33.4 Å². The molecule has 0 atom stereocenters. The smallest absolute Gasteiger partial charge is 0.253 e. The molecule has 2 rings (SSSR count). The Hall–Kier alpha value is -0.540. The molecule has 1 amide bonds. The van der Waals surface area contributed by atoms with Crippen LogP contribution in [0.5, 0.6) is 0 Å². The highest BCUT2D eigenvalue weighted by atomic mass is 79.9. The molecule has 1 heterocycles. The number of carbonyl (C=O) groups is 1. The molecule has 80 valence electrons. The monoisotopic (exact) mass is 287 g/mol. The number of amides is 1. The Morgan fingerprint density at radius 3 is 2.53 bits per heavy atom. The number of halogens is 2. The van der Waals surface area contributed by atoms with Gasteiger partial charge in [-0.15, -0.1) is 11.6 Å². The topological polar surface area (TPSA) is 20.3 Å². The maximum atomic E-state index is 11.9. The molecule has 0 spiro atoms. The molecule has 0 aliphatic carbocycles. The molecule has 15 heavy (non-hydrogen) atoms. The van der Waals surface area contributed by atoms with Crippen molar-refractivity contribution in [2.45, 2.75) is 4.87 Å². The van der Waals surface area contributed by atoms with E-state index in [1.807, 2.05) is 30.3 Å². The largest absolute Gasteiger partial charge is 0.335 e. The number of alkyl halides is 2. The summed E-state index contributed by atoms with van der Waals surface area (Å²) in [5.74, 6) is 0.0628. The lowest BCUT2D eigenvalue weighted by Gasteiger charge is -2.45. The predicted octanol–water partition coefficient (Wildman–Crippen LogP) is 2.51. The van der Waals surface area contributed by atoms with Crippen molar-refractivity contribution in [2.75, 3.05) is 18.4 Å². The van der Waals surface area contributed by atoms with E-state index in [4.69, 9.17) is 11.6 Å². The molecule has 1 aromatic rings. The first-order valence-corrected chi connectivity index (χ1v) is 6.24. The highest BCUT2D eigenvalue weighted by Crippen LogP contribution is 2.31. The number of hydrogen-bond donors (Lipinski definition) is 0. The summed E-state index contributed by atoms with van der Waals surface area (Å²) in [5, 5.41) is 0.722. The van der Waals surface area contributed by atoms with Gasteiger partial charge in [-0.1, -0.05) is 34.1 Å². The summed E-state index contributed by atoms with van der Waals surface area (Å²) in [6.45, 7) is 1.24. The van der Waals surface area contributed by atoms with Crippen molar-refractivity contribution in [3.05, 3.63) is 35.9 Å². The van der Waals surface area contributed by atoms with E-state index in [0.717, 1.165) is 10.9 Å². The minimum absolute atomic E-state index is 0.0628. The van der Waals surface area contributed by atoms with Crippen LogP contribution in [-0.4, -0.2) is 34.1 Å². The lowest BCUT2D eigenvalue weighted by molar-refractivity contribution is 0.0580. The molecule has 4 heteroatoms. The Labute approximate surface area is 102 Å². The molecule has 0 bridgehead atoms. The van der Waals surface area contributed by atoms with E-state index in [2.05, 4.69) is 15.9 Å². The van der Waals surface area contributed by atoms with Crippen LogP contribution in [0.25, 0.3) is 0 Å². The number of nitrogens with zero attached hydrogens (tertiary/aromatic N) is 1. The van der Waals surface area contributed by atoms with E-state index in [0.29, 0.717) is 13.1 Å². The average molecular weight is 289 g/mol. The maximum Gasteiger partial charge on any atom is 0.253 e. The van der Waals surface area contributed by atoms with Crippen LogP contribution in [0, 0.1) is 0 Å². The van der Waals surface area contributed by atoms with Crippen molar-refractivity contribution in [1.29, 1.82) is 0 Å². The van der Waals surface area contributed by atoms with Crippen molar-refractivity contribution in [3.63, 3.8) is 0 Å². The van der Waals surface area contributed by atoms with Gasteiger partial charge in [-0.2, -0.15) is 0 Å². The first-order chi connectivity index (χ1) is 7.14. The number of carbonyl (C=O) groups excluding carboxylic acids is 1. The minimum Gasteiger partial charge on any atom is -0.335 e. The van der Waals surface area contributed by atoms with Gasteiger partial charge in [-0.3, -0.25) is 4.79 Å². The van der Waals surface area contributed by atoms with Gasteiger partial charge in [0.25, 0.3) is 5.91 Å². The van der Waals surface area contributed by atoms with Crippen LogP contribution in [0.3, 0.4) is 0 Å². The summed E-state index contributed by atoms with van der Waals surface area (Å²) in [4.78, 5) is 13.4. The molecule has 0 radical (unpaired) electrons. The Kier molecular flexibility index (Phi) is 3.03. The number of rotatable bonds is 2. The normalized spacial score (nSPS) is 18.4. The number of hydrogen-bond acceptors (Lipinski definition) is 1. The van der Waals surface area contributed by atoms with E-state index in [1.54, 1.807) is 4.90 Å². The second kappa shape index (κ2) is 4.14. The minimum atomic E-state index is -0.259. The second-order valence-electron chi connectivity index (χ2n) is 3.81. The molecule has 0 aromatic heterocycles. The van der Waals surface area contributed by atoms with Gasteiger partial charge < -0.3 is 4.90 Å². The Morgan fingerprint density at radius 1 is 1.40 bits per heavy atom. The standard InChI is InChI=1S/C11H11BrClNO/c12-6-11(13)7-14(8-11)10(15)9-4-2-1-3-5-9/h1-5H,6-8H2. The summed E-state index contributed by atoms with van der Waals surface area (Å²) in [5.41, 5.74) is 0.728. The third-order valence-electron chi connectivity index (χ3n) is 2.50. The quantitative estimate of drug-likeness (QED) is 0.766. The molecule has 0 N–H and O–H groups in total. The number of benzene rings is 1. The molecule has 2 nitrogen and oxygen atoms in total. The van der Waals surface area contributed by atoms with E-state index >= 15 is 0 Å². The second-order valence-corrected chi connectivity index (χ2v) is 5.17. The van der Waals surface area contributed by atoms with Crippen molar-refractivity contribution < 1.29 is 4.79 Å². The molecule has 1 saturated heterocycles. The van der Waals surface area contributed by atoms with Crippen LogP contribution in [0.4, 0.5) is 0 Å². The summed E-state index contributed by atoms with van der Waals surface area (Å²) in [6, 6.07) is 9.28. The van der Waals surface area contributed by atoms with Crippen molar-refractivity contribution in [2.24, 2.45) is 0 Å². The van der Waals surface area contributed by atoms with Crippen LogP contribution in [-0.2, 0) is 0 Å². The van der Waals surface area contributed by atoms with Crippen LogP contribution in [0.2, 0.25) is 0 Å². The zero-order valence-corrected chi connectivity index (χ0v) is 10.5. The fourth-order valence-corrected chi connectivity index (χ4v) is 2.27. The molecule has 1 aliphatic rings. The predicted molar refractivity (Wildman–Crippen MR) is 64.7 cm³/mol. The molecular formula is C11H11BrClNO. The Morgan fingerprint density at radius 2 is 2.00 bits per heavy atom. The highest BCUT2D eigenvalue weighted by Gasteiger charge is 2.42. The molecule has 0 saturated carbocycles. The third-order valence-corrected chi connectivity index (χ3v) is 4.26. The highest BCUT2D eigenvalue weighted by molar-refractivity contribution is 9.09. The fraction of sp³-hybridized carbons (Fsp3) is 0.364. The molecular weight excluding hydrogens is 277 g/mol. The summed E-state index contributed by atoms with van der Waals surface area (Å²) < 4.78 is 0. The first-order valence-electron chi connectivity index (χ1n) is 4.74. The maximum absolute atomic E-state index is 11.9. The average Bonchev–Trinajstić information content (AvgIpc) is 2.25. The molecule has 0 unspecified atom stereocenters. The Bertz CT molecular complexity index is 362. The fourth-order valence-electron chi connectivity index (χ4n) is 1.63. The van der Waals surface area contributed by atoms with Crippen LogP contribution >= 0.6 is 27.5 Å². The zero-order valence-electron chi connectivity index (χ0n) is 8.12. The van der Waals surface area contributed by atoms with Gasteiger partial charge in [0, 0.05) is 24.0 Å². The lowest BCUT2D eigenvalue weighted by Crippen LogP contribution is -2.61. The molecule has 1 fully saturated rings. The van der Waals surface area contributed by atoms with Gasteiger partial charge in [0.1, 0.15) is 0 Å². The third kappa shape index (κ3) is 2.18. The van der Waals surface area contributed by atoms with Crippen LogP contribution in [0.1, 0.15) is 10.4 Å². The molecule has 1 aromatic carbocycles. The summed E-state index contributed by atoms with van der Waals surface area (Å²) >= 11 is 9.52. The number of likely N-dealkylation sites (tertiary alicyclic amines) is 1. The molecule has 1 aliphatic heterocycles. The Balaban J connectivity index is 2.01. The zero-order chi connectivity index (χ0) is 10.9. The van der Waals surface area contributed by atoms with E-state index in [9.17, 15) is 4.79 Å². The van der Waals surface area contributed by atoms with Gasteiger partial charge in [0.05, 0.1) is 4.87 Å². The van der Waals surface area contributed by atoms with Crippen LogP contribution < -0.4 is 0 Å². The van der Waals surface area contributed by atoms with Gasteiger partial charge in [0.15, 0.2) is 0 Å². The lowest BCUT2D eigenvalue weighted by atomic mass is 10.00. The van der Waals surface area contributed by atoms with Crippen LogP contribution in [0.15, 0.2) is 30.3 Å².